The zero-order valence-electron chi connectivity index (χ0n) is 15.5. The molecule has 0 bridgehead atoms. The number of guanidine groups is 1. The van der Waals surface area contributed by atoms with Gasteiger partial charge in [0.25, 0.3) is 0 Å². The van der Waals surface area contributed by atoms with Gasteiger partial charge < -0.3 is 19.5 Å². The first-order valence-corrected chi connectivity index (χ1v) is 9.25. The van der Waals surface area contributed by atoms with E-state index < -0.39 is 0 Å². The van der Waals surface area contributed by atoms with Crippen molar-refractivity contribution in [3.8, 4) is 0 Å². The molecule has 136 valence electrons. The lowest BCUT2D eigenvalue weighted by Crippen LogP contribution is -2.40. The Bertz CT molecular complexity index is 495. The molecule has 0 atom stereocenters. The zero-order valence-corrected chi connectivity index (χ0v) is 15.5. The van der Waals surface area contributed by atoms with Gasteiger partial charge in [-0.15, -0.1) is 0 Å². The lowest BCUT2D eigenvalue weighted by atomic mass is 10.3. The normalized spacial score (nSPS) is 14.9. The molecule has 1 fully saturated rings. The average Bonchev–Trinajstić information content (AvgIpc) is 3.31. The van der Waals surface area contributed by atoms with Gasteiger partial charge in [-0.25, -0.2) is 4.98 Å². The minimum absolute atomic E-state index is 0.775. The summed E-state index contributed by atoms with van der Waals surface area (Å²) in [4.78, 5) is 11.1. The monoisotopic (exact) mass is 335 g/mol. The van der Waals surface area contributed by atoms with Crippen LogP contribution in [0.1, 0.15) is 38.4 Å². The topological polar surface area (TPSA) is 54.7 Å². The van der Waals surface area contributed by atoms with Gasteiger partial charge in [-0.2, -0.15) is 0 Å². The van der Waals surface area contributed by atoms with Crippen molar-refractivity contribution in [2.24, 2.45) is 10.9 Å². The van der Waals surface area contributed by atoms with E-state index in [9.17, 15) is 0 Å². The number of imidazole rings is 1. The molecule has 6 heteroatoms. The fourth-order valence-electron chi connectivity index (χ4n) is 2.53. The predicted octanol–water partition coefficient (Wildman–Crippen LogP) is 2.30. The number of rotatable bonds is 11. The van der Waals surface area contributed by atoms with Crippen LogP contribution < -0.4 is 5.32 Å². The highest BCUT2D eigenvalue weighted by molar-refractivity contribution is 5.79. The zero-order chi connectivity index (χ0) is 17.2. The Morgan fingerprint density at radius 1 is 1.46 bits per heavy atom. The SMILES string of the molecule is CCNC(=NCCCCn1ccnc1C)N(C)CCOCC1CC1. The van der Waals surface area contributed by atoms with E-state index in [1.807, 2.05) is 19.3 Å². The highest BCUT2D eigenvalue weighted by atomic mass is 16.5. The summed E-state index contributed by atoms with van der Waals surface area (Å²) < 4.78 is 7.91. The van der Waals surface area contributed by atoms with Gasteiger partial charge >= 0.3 is 0 Å². The van der Waals surface area contributed by atoms with Gasteiger partial charge in [-0.05, 0) is 45.4 Å². The Morgan fingerprint density at radius 3 is 2.96 bits per heavy atom. The van der Waals surface area contributed by atoms with Crippen molar-refractivity contribution < 1.29 is 4.74 Å². The Kier molecular flexibility index (Phi) is 8.08. The summed E-state index contributed by atoms with van der Waals surface area (Å²) >= 11 is 0. The minimum Gasteiger partial charge on any atom is -0.379 e. The van der Waals surface area contributed by atoms with E-state index in [1.165, 1.54) is 12.8 Å². The van der Waals surface area contributed by atoms with Crippen molar-refractivity contribution in [1.82, 2.24) is 19.8 Å². The fourth-order valence-corrected chi connectivity index (χ4v) is 2.53. The number of aliphatic imine (C=N–C) groups is 1. The first kappa shape index (κ1) is 18.8. The van der Waals surface area contributed by atoms with E-state index >= 15 is 0 Å². The highest BCUT2D eigenvalue weighted by Gasteiger charge is 2.21. The standard InChI is InChI=1S/C18H33N5O/c1-4-19-18(22(3)13-14-24-15-17-7-8-17)21-9-5-6-11-23-12-10-20-16(23)2/h10,12,17H,4-9,11,13-15H2,1-3H3,(H,19,21). The van der Waals surface area contributed by atoms with Crippen molar-refractivity contribution in [2.45, 2.75) is 46.1 Å². The lowest BCUT2D eigenvalue weighted by molar-refractivity contribution is 0.115. The second kappa shape index (κ2) is 10.3. The molecule has 1 heterocycles. The summed E-state index contributed by atoms with van der Waals surface area (Å²) in [5, 5.41) is 3.36. The van der Waals surface area contributed by atoms with Gasteiger partial charge in [-0.1, -0.05) is 0 Å². The van der Waals surface area contributed by atoms with Crippen LogP contribution in [0.25, 0.3) is 0 Å². The Hall–Kier alpha value is -1.56. The Morgan fingerprint density at radius 2 is 2.29 bits per heavy atom. The van der Waals surface area contributed by atoms with Gasteiger partial charge in [0.2, 0.25) is 0 Å². The van der Waals surface area contributed by atoms with Gasteiger partial charge in [0.05, 0.1) is 6.61 Å². The number of hydrogen-bond acceptors (Lipinski definition) is 3. The van der Waals surface area contributed by atoms with Crippen LogP contribution in [0.5, 0.6) is 0 Å². The van der Waals surface area contributed by atoms with Crippen molar-refractivity contribution in [1.29, 1.82) is 0 Å². The average molecular weight is 335 g/mol. The molecule has 1 aromatic heterocycles. The first-order valence-electron chi connectivity index (χ1n) is 9.25. The number of nitrogens with zero attached hydrogens (tertiary/aromatic N) is 4. The maximum absolute atomic E-state index is 5.72. The summed E-state index contributed by atoms with van der Waals surface area (Å²) in [5.41, 5.74) is 0. The fraction of sp³-hybridized carbons (Fsp3) is 0.778. The number of aryl methyl sites for hydroxylation is 2. The number of hydrogen-bond donors (Lipinski definition) is 1. The van der Waals surface area contributed by atoms with E-state index in [0.29, 0.717) is 0 Å². The van der Waals surface area contributed by atoms with Crippen molar-refractivity contribution in [3.05, 3.63) is 18.2 Å². The van der Waals surface area contributed by atoms with E-state index in [4.69, 9.17) is 9.73 Å². The van der Waals surface area contributed by atoms with Gasteiger partial charge in [0.1, 0.15) is 5.82 Å². The molecular weight excluding hydrogens is 302 g/mol. The van der Waals surface area contributed by atoms with Crippen molar-refractivity contribution >= 4 is 5.96 Å². The van der Waals surface area contributed by atoms with Crippen LogP contribution >= 0.6 is 0 Å². The molecule has 0 amide bonds. The van der Waals surface area contributed by atoms with Gasteiger partial charge in [0.15, 0.2) is 5.96 Å². The second-order valence-electron chi connectivity index (χ2n) is 6.55. The molecule has 1 saturated carbocycles. The Labute approximate surface area is 146 Å². The van der Waals surface area contributed by atoms with Crippen LogP contribution in [-0.2, 0) is 11.3 Å². The molecule has 0 radical (unpaired) electrons. The largest absolute Gasteiger partial charge is 0.379 e. The molecule has 6 nitrogen and oxygen atoms in total. The number of aromatic nitrogens is 2. The molecule has 1 aliphatic carbocycles. The molecule has 0 saturated heterocycles. The molecule has 0 spiro atoms. The molecule has 1 N–H and O–H groups in total. The smallest absolute Gasteiger partial charge is 0.193 e. The van der Waals surface area contributed by atoms with Crippen LogP contribution in [-0.4, -0.2) is 60.3 Å². The molecule has 1 aliphatic rings. The van der Waals surface area contributed by atoms with Gasteiger partial charge in [-0.3, -0.25) is 4.99 Å². The molecule has 0 unspecified atom stereocenters. The first-order chi connectivity index (χ1) is 11.7. The number of unbranched alkanes of at least 4 members (excludes halogenated alkanes) is 1. The van der Waals surface area contributed by atoms with E-state index in [0.717, 1.165) is 69.9 Å². The third-order valence-electron chi connectivity index (χ3n) is 4.31. The summed E-state index contributed by atoms with van der Waals surface area (Å²) in [6, 6.07) is 0. The van der Waals surface area contributed by atoms with Crippen molar-refractivity contribution in [2.75, 3.05) is 39.9 Å². The maximum atomic E-state index is 5.72. The molecule has 0 aliphatic heterocycles. The van der Waals surface area contributed by atoms with Crippen LogP contribution in [0, 0.1) is 12.8 Å². The highest BCUT2D eigenvalue weighted by Crippen LogP contribution is 2.28. The number of ether oxygens (including phenoxy) is 1. The van der Waals surface area contributed by atoms with Crippen molar-refractivity contribution in [3.63, 3.8) is 0 Å². The minimum atomic E-state index is 0.775. The molecule has 0 aromatic carbocycles. The molecular formula is C18H33N5O. The second-order valence-corrected chi connectivity index (χ2v) is 6.55. The van der Waals surface area contributed by atoms with Crippen LogP contribution in [0.3, 0.4) is 0 Å². The third kappa shape index (κ3) is 6.91. The Balaban J connectivity index is 1.63. The van der Waals surface area contributed by atoms with E-state index in [1.54, 1.807) is 0 Å². The van der Waals surface area contributed by atoms with E-state index in [2.05, 4.69) is 33.7 Å². The maximum Gasteiger partial charge on any atom is 0.193 e. The van der Waals surface area contributed by atoms with Crippen LogP contribution in [0.15, 0.2) is 17.4 Å². The molecule has 24 heavy (non-hydrogen) atoms. The number of nitrogens with one attached hydrogen (secondary N) is 1. The van der Waals surface area contributed by atoms with Crippen LogP contribution in [0.2, 0.25) is 0 Å². The predicted molar refractivity (Wildman–Crippen MR) is 98.3 cm³/mol. The summed E-state index contributed by atoms with van der Waals surface area (Å²) in [7, 11) is 2.08. The van der Waals surface area contributed by atoms with Crippen LogP contribution in [0.4, 0.5) is 0 Å². The summed E-state index contributed by atoms with van der Waals surface area (Å²) in [6.07, 6.45) is 8.79. The molecule has 2 rings (SSSR count). The third-order valence-corrected chi connectivity index (χ3v) is 4.31. The quantitative estimate of drug-likeness (QED) is 0.383. The molecule has 1 aromatic rings. The number of likely N-dealkylation sites (N-methyl/N-ethyl adjacent to an activating group) is 1. The lowest BCUT2D eigenvalue weighted by Gasteiger charge is -2.22. The van der Waals surface area contributed by atoms with E-state index in [-0.39, 0.29) is 0 Å². The summed E-state index contributed by atoms with van der Waals surface area (Å²) in [6.45, 7) is 9.49. The summed E-state index contributed by atoms with van der Waals surface area (Å²) in [5.74, 6) is 2.89. The van der Waals surface area contributed by atoms with Gasteiger partial charge in [0, 0.05) is 52.2 Å².